The van der Waals surface area contributed by atoms with Gasteiger partial charge in [-0.15, -0.1) is 0 Å². The van der Waals surface area contributed by atoms with Crippen molar-refractivity contribution in [1.29, 1.82) is 0 Å². The number of aromatic amines is 1. The lowest BCUT2D eigenvalue weighted by Crippen LogP contribution is -2.19. The summed E-state index contributed by atoms with van der Waals surface area (Å²) in [4.78, 5) is 19.7. The largest absolute Gasteiger partial charge is 0.362 e. The minimum absolute atomic E-state index is 0.147. The third-order valence-electron chi connectivity index (χ3n) is 1.39. The molecule has 0 aliphatic rings. The molecule has 1 N–H and O–H groups in total. The van der Waals surface area contributed by atoms with Gasteiger partial charge in [0.05, 0.1) is 0 Å². The van der Waals surface area contributed by atoms with Gasteiger partial charge in [0.1, 0.15) is 16.1 Å². The van der Waals surface area contributed by atoms with Gasteiger partial charge in [0, 0.05) is 14.1 Å². The van der Waals surface area contributed by atoms with Crippen molar-refractivity contribution < 1.29 is 0 Å². The molecule has 0 bridgehead atoms. The molecule has 0 saturated heterocycles. The molecule has 4 nitrogen and oxygen atoms in total. The van der Waals surface area contributed by atoms with Crippen LogP contribution < -0.4 is 10.5 Å². The van der Waals surface area contributed by atoms with Gasteiger partial charge in [-0.05, 0) is 22.9 Å². The highest BCUT2D eigenvalue weighted by molar-refractivity contribution is 9.10. The number of aryl methyl sites for hydroxylation is 1. The summed E-state index contributed by atoms with van der Waals surface area (Å²) < 4.78 is 0.470. The van der Waals surface area contributed by atoms with E-state index in [1.54, 1.807) is 11.8 Å². The quantitative estimate of drug-likeness (QED) is 0.782. The van der Waals surface area contributed by atoms with Crippen LogP contribution in [0.3, 0.4) is 0 Å². The summed E-state index contributed by atoms with van der Waals surface area (Å²) in [5.74, 6) is 1.27. The zero-order valence-corrected chi connectivity index (χ0v) is 8.77. The summed E-state index contributed by atoms with van der Waals surface area (Å²) in [5.41, 5.74) is -0.147. The van der Waals surface area contributed by atoms with E-state index in [0.29, 0.717) is 16.1 Å². The summed E-state index contributed by atoms with van der Waals surface area (Å²) >= 11 is 3.17. The molecule has 0 atom stereocenters. The maximum Gasteiger partial charge on any atom is 0.267 e. The van der Waals surface area contributed by atoms with Crippen molar-refractivity contribution in [3.8, 4) is 0 Å². The number of anilines is 1. The lowest BCUT2D eigenvalue weighted by atomic mass is 10.5. The second-order valence-corrected chi connectivity index (χ2v) is 3.48. The molecule has 1 aromatic heterocycles. The van der Waals surface area contributed by atoms with Gasteiger partial charge in [0.25, 0.3) is 5.56 Å². The SMILES string of the molecule is Cc1nc(N(C)C)c(Br)c(=O)[nH]1. The Labute approximate surface area is 78.8 Å². The number of aromatic nitrogens is 2. The Morgan fingerprint density at radius 2 is 2.08 bits per heavy atom. The van der Waals surface area contributed by atoms with Crippen LogP contribution in [0.4, 0.5) is 5.82 Å². The van der Waals surface area contributed by atoms with Crippen LogP contribution in [-0.2, 0) is 0 Å². The highest BCUT2D eigenvalue weighted by Gasteiger charge is 2.07. The second-order valence-electron chi connectivity index (χ2n) is 2.68. The number of nitrogens with one attached hydrogen (secondary N) is 1. The van der Waals surface area contributed by atoms with Gasteiger partial charge in [-0.3, -0.25) is 4.79 Å². The topological polar surface area (TPSA) is 49.0 Å². The summed E-state index contributed by atoms with van der Waals surface area (Å²) in [7, 11) is 3.68. The fraction of sp³-hybridized carbons (Fsp3) is 0.429. The number of H-pyrrole nitrogens is 1. The van der Waals surface area contributed by atoms with E-state index in [9.17, 15) is 4.79 Å². The molecule has 0 unspecified atom stereocenters. The molecule has 5 heteroatoms. The van der Waals surface area contributed by atoms with Gasteiger partial charge in [0.2, 0.25) is 0 Å². The van der Waals surface area contributed by atoms with Crippen molar-refractivity contribution >= 4 is 21.7 Å². The van der Waals surface area contributed by atoms with E-state index in [1.807, 2.05) is 14.1 Å². The zero-order valence-electron chi connectivity index (χ0n) is 7.18. The van der Waals surface area contributed by atoms with Gasteiger partial charge in [-0.1, -0.05) is 0 Å². The number of halogens is 1. The third kappa shape index (κ3) is 1.66. The Bertz CT molecular complexity index is 345. The highest BCUT2D eigenvalue weighted by Crippen LogP contribution is 2.16. The number of hydrogen-bond donors (Lipinski definition) is 1. The minimum Gasteiger partial charge on any atom is -0.362 e. The van der Waals surface area contributed by atoms with Crippen LogP contribution in [0, 0.1) is 6.92 Å². The van der Waals surface area contributed by atoms with Crippen LogP contribution >= 0.6 is 15.9 Å². The first-order chi connectivity index (χ1) is 5.52. The first-order valence-electron chi connectivity index (χ1n) is 3.46. The molecular formula is C7H10BrN3O. The maximum absolute atomic E-state index is 11.2. The molecule has 0 amide bonds. The first kappa shape index (κ1) is 9.25. The number of rotatable bonds is 1. The van der Waals surface area contributed by atoms with Crippen molar-refractivity contribution in [2.75, 3.05) is 19.0 Å². The molecule has 0 radical (unpaired) electrons. The van der Waals surface area contributed by atoms with Crippen molar-refractivity contribution in [3.05, 3.63) is 20.7 Å². The van der Waals surface area contributed by atoms with Gasteiger partial charge in [-0.25, -0.2) is 4.98 Å². The monoisotopic (exact) mass is 231 g/mol. The van der Waals surface area contributed by atoms with Crippen LogP contribution in [0.2, 0.25) is 0 Å². The van der Waals surface area contributed by atoms with Crippen molar-refractivity contribution in [3.63, 3.8) is 0 Å². The van der Waals surface area contributed by atoms with Crippen LogP contribution in [0.25, 0.3) is 0 Å². The van der Waals surface area contributed by atoms with E-state index in [4.69, 9.17) is 0 Å². The Hall–Kier alpha value is -0.840. The lowest BCUT2D eigenvalue weighted by molar-refractivity contribution is 0.956. The van der Waals surface area contributed by atoms with E-state index in [0.717, 1.165) is 0 Å². The molecule has 0 spiro atoms. The fourth-order valence-corrected chi connectivity index (χ4v) is 1.40. The molecule has 0 saturated carbocycles. The average Bonchev–Trinajstić information content (AvgIpc) is 1.96. The van der Waals surface area contributed by atoms with Crippen molar-refractivity contribution in [1.82, 2.24) is 9.97 Å². The zero-order chi connectivity index (χ0) is 9.30. The van der Waals surface area contributed by atoms with Gasteiger partial charge in [0.15, 0.2) is 0 Å². The minimum atomic E-state index is -0.147. The Balaban J connectivity index is 3.38. The van der Waals surface area contributed by atoms with E-state index in [1.165, 1.54) is 0 Å². The fourth-order valence-electron chi connectivity index (χ4n) is 0.853. The lowest BCUT2D eigenvalue weighted by Gasteiger charge is -2.12. The first-order valence-corrected chi connectivity index (χ1v) is 4.25. The average molecular weight is 232 g/mol. The van der Waals surface area contributed by atoms with Crippen LogP contribution in [0.1, 0.15) is 5.82 Å². The molecule has 0 aromatic carbocycles. The Morgan fingerprint density at radius 3 is 2.58 bits per heavy atom. The molecule has 66 valence electrons. The summed E-state index contributed by atoms with van der Waals surface area (Å²) in [6.07, 6.45) is 0. The number of nitrogens with zero attached hydrogens (tertiary/aromatic N) is 2. The molecule has 0 fully saturated rings. The van der Waals surface area contributed by atoms with Crippen LogP contribution in [0.15, 0.2) is 9.27 Å². The molecule has 12 heavy (non-hydrogen) atoms. The summed E-state index contributed by atoms with van der Waals surface area (Å²) in [6.45, 7) is 1.75. The van der Waals surface area contributed by atoms with Gasteiger partial charge < -0.3 is 9.88 Å². The highest BCUT2D eigenvalue weighted by atomic mass is 79.9. The Morgan fingerprint density at radius 1 is 1.50 bits per heavy atom. The summed E-state index contributed by atoms with van der Waals surface area (Å²) in [5, 5.41) is 0. The van der Waals surface area contributed by atoms with E-state index in [2.05, 4.69) is 25.9 Å². The number of hydrogen-bond acceptors (Lipinski definition) is 3. The standard InChI is InChI=1S/C7H10BrN3O/c1-4-9-6(11(2)3)5(8)7(12)10-4/h1-3H3,(H,9,10,12). The van der Waals surface area contributed by atoms with Crippen LogP contribution in [0.5, 0.6) is 0 Å². The second kappa shape index (κ2) is 3.26. The summed E-state index contributed by atoms with van der Waals surface area (Å²) in [6, 6.07) is 0. The van der Waals surface area contributed by atoms with E-state index >= 15 is 0 Å². The molecule has 0 aliphatic heterocycles. The predicted molar refractivity (Wildman–Crippen MR) is 51.6 cm³/mol. The molecule has 1 rings (SSSR count). The molecule has 0 aliphatic carbocycles. The van der Waals surface area contributed by atoms with Crippen molar-refractivity contribution in [2.45, 2.75) is 6.92 Å². The molecule has 1 heterocycles. The smallest absolute Gasteiger partial charge is 0.267 e. The predicted octanol–water partition coefficient (Wildman–Crippen LogP) is 0.907. The third-order valence-corrected chi connectivity index (χ3v) is 2.10. The van der Waals surface area contributed by atoms with Crippen molar-refractivity contribution in [2.24, 2.45) is 0 Å². The van der Waals surface area contributed by atoms with Gasteiger partial charge >= 0.3 is 0 Å². The van der Waals surface area contributed by atoms with Gasteiger partial charge in [-0.2, -0.15) is 0 Å². The normalized spacial score (nSPS) is 10.0. The molecular weight excluding hydrogens is 222 g/mol. The van der Waals surface area contributed by atoms with Crippen LogP contribution in [-0.4, -0.2) is 24.1 Å². The van der Waals surface area contributed by atoms with E-state index < -0.39 is 0 Å². The maximum atomic E-state index is 11.2. The molecule has 1 aromatic rings. The van der Waals surface area contributed by atoms with E-state index in [-0.39, 0.29) is 5.56 Å². The Kier molecular flexibility index (Phi) is 2.52.